The van der Waals surface area contributed by atoms with Crippen LogP contribution in [0.3, 0.4) is 0 Å². The zero-order valence-corrected chi connectivity index (χ0v) is 13.8. The van der Waals surface area contributed by atoms with Crippen LogP contribution in [0.4, 0.5) is 4.79 Å². The maximum Gasteiger partial charge on any atom is 0.317 e. The number of rotatable bonds is 6. The maximum atomic E-state index is 12.2. The Balaban J connectivity index is 2.60. The molecule has 2 N–H and O–H groups in total. The van der Waals surface area contributed by atoms with E-state index >= 15 is 0 Å². The lowest BCUT2D eigenvalue weighted by atomic mass is 9.72. The second kappa shape index (κ2) is 7.66. The molecule has 0 heterocycles. The molecule has 1 aliphatic carbocycles. The average molecular weight is 298 g/mol. The fourth-order valence-corrected chi connectivity index (χ4v) is 3.06. The molecule has 0 aromatic rings. The maximum absolute atomic E-state index is 12.2. The van der Waals surface area contributed by atoms with E-state index in [1.54, 1.807) is 11.9 Å². The van der Waals surface area contributed by atoms with E-state index in [-0.39, 0.29) is 23.9 Å². The fourth-order valence-electron chi connectivity index (χ4n) is 3.06. The van der Waals surface area contributed by atoms with Gasteiger partial charge in [0, 0.05) is 19.6 Å². The summed E-state index contributed by atoms with van der Waals surface area (Å²) in [7, 11) is 1.80. The standard InChI is InChI=1S/C16H30N2O3/c1-12(2)13(3)18(4)15(21)17-11-16(10-14(19)20)8-6-5-7-9-16/h12-13H,5-11H2,1-4H3,(H,17,21)(H,19,20). The molecule has 0 aliphatic heterocycles. The van der Waals surface area contributed by atoms with Crippen LogP contribution in [0.15, 0.2) is 0 Å². The SMILES string of the molecule is CC(C)C(C)N(C)C(=O)NCC1(CC(=O)O)CCCCC1. The zero-order chi connectivity index (χ0) is 16.0. The van der Waals surface area contributed by atoms with Crippen molar-refractivity contribution in [2.75, 3.05) is 13.6 Å². The molecule has 122 valence electrons. The van der Waals surface area contributed by atoms with Crippen LogP contribution in [0.1, 0.15) is 59.3 Å². The smallest absolute Gasteiger partial charge is 0.317 e. The lowest BCUT2D eigenvalue weighted by molar-refractivity contribution is -0.140. The molecule has 0 aromatic carbocycles. The van der Waals surface area contributed by atoms with Crippen molar-refractivity contribution < 1.29 is 14.7 Å². The number of amides is 2. The number of hydrogen-bond donors (Lipinski definition) is 2. The number of hydrogen-bond acceptors (Lipinski definition) is 2. The first-order chi connectivity index (χ1) is 9.77. The fraction of sp³-hybridized carbons (Fsp3) is 0.875. The summed E-state index contributed by atoms with van der Waals surface area (Å²) in [5.74, 6) is -0.376. The minimum atomic E-state index is -0.768. The molecule has 5 heteroatoms. The third-order valence-electron chi connectivity index (χ3n) is 4.95. The minimum Gasteiger partial charge on any atom is -0.481 e. The summed E-state index contributed by atoms with van der Waals surface area (Å²) in [4.78, 5) is 25.1. The highest BCUT2D eigenvalue weighted by Gasteiger charge is 2.35. The van der Waals surface area contributed by atoms with Crippen molar-refractivity contribution in [3.05, 3.63) is 0 Å². The van der Waals surface area contributed by atoms with Crippen LogP contribution in [0.25, 0.3) is 0 Å². The summed E-state index contributed by atoms with van der Waals surface area (Å²) in [6, 6.07) is 0.0540. The van der Waals surface area contributed by atoms with Gasteiger partial charge in [-0.25, -0.2) is 4.79 Å². The van der Waals surface area contributed by atoms with Crippen molar-refractivity contribution in [3.63, 3.8) is 0 Å². The summed E-state index contributed by atoms with van der Waals surface area (Å²) in [5.41, 5.74) is -0.262. The van der Waals surface area contributed by atoms with Gasteiger partial charge in [0.25, 0.3) is 0 Å². The lowest BCUT2D eigenvalue weighted by Crippen LogP contribution is -2.48. The van der Waals surface area contributed by atoms with Gasteiger partial charge in [0.15, 0.2) is 0 Å². The van der Waals surface area contributed by atoms with Gasteiger partial charge < -0.3 is 15.3 Å². The van der Waals surface area contributed by atoms with E-state index in [4.69, 9.17) is 5.11 Å². The van der Waals surface area contributed by atoms with E-state index in [0.717, 1.165) is 25.7 Å². The Morgan fingerprint density at radius 1 is 1.19 bits per heavy atom. The second-order valence-corrected chi connectivity index (χ2v) is 6.89. The number of carboxylic acid groups (broad SMARTS) is 1. The van der Waals surface area contributed by atoms with Crippen molar-refractivity contribution in [1.29, 1.82) is 0 Å². The Bertz CT molecular complexity index is 363. The summed E-state index contributed by atoms with van der Waals surface area (Å²) >= 11 is 0. The number of nitrogens with zero attached hydrogens (tertiary/aromatic N) is 1. The normalized spacial score (nSPS) is 19.1. The van der Waals surface area contributed by atoms with Gasteiger partial charge >= 0.3 is 12.0 Å². The van der Waals surface area contributed by atoms with Gasteiger partial charge in [-0.15, -0.1) is 0 Å². The molecule has 0 radical (unpaired) electrons. The van der Waals surface area contributed by atoms with E-state index in [1.165, 1.54) is 6.42 Å². The molecule has 1 rings (SSSR count). The highest BCUT2D eigenvalue weighted by Crippen LogP contribution is 2.38. The molecule has 0 saturated heterocycles. The first-order valence-corrected chi connectivity index (χ1v) is 8.00. The molecular formula is C16H30N2O3. The number of carbonyl (C=O) groups is 2. The van der Waals surface area contributed by atoms with E-state index < -0.39 is 5.97 Å². The first kappa shape index (κ1) is 17.8. The monoisotopic (exact) mass is 298 g/mol. The van der Waals surface area contributed by atoms with Crippen LogP contribution in [0.5, 0.6) is 0 Å². The molecule has 1 aliphatic rings. The number of nitrogens with one attached hydrogen (secondary N) is 1. The van der Waals surface area contributed by atoms with Crippen LogP contribution < -0.4 is 5.32 Å². The highest BCUT2D eigenvalue weighted by atomic mass is 16.4. The van der Waals surface area contributed by atoms with Gasteiger partial charge in [-0.1, -0.05) is 33.1 Å². The second-order valence-electron chi connectivity index (χ2n) is 6.89. The highest BCUT2D eigenvalue weighted by molar-refractivity contribution is 5.74. The van der Waals surface area contributed by atoms with Gasteiger partial charge in [0.05, 0.1) is 6.42 Å². The quantitative estimate of drug-likeness (QED) is 0.791. The molecule has 1 fully saturated rings. The Morgan fingerprint density at radius 3 is 2.24 bits per heavy atom. The van der Waals surface area contributed by atoms with E-state index in [9.17, 15) is 9.59 Å². The van der Waals surface area contributed by atoms with Crippen molar-refractivity contribution >= 4 is 12.0 Å². The first-order valence-electron chi connectivity index (χ1n) is 8.00. The molecule has 1 unspecified atom stereocenters. The Labute approximate surface area is 128 Å². The van der Waals surface area contributed by atoms with Crippen LogP contribution in [0.2, 0.25) is 0 Å². The molecule has 2 amide bonds. The molecule has 21 heavy (non-hydrogen) atoms. The van der Waals surface area contributed by atoms with E-state index in [2.05, 4.69) is 19.2 Å². The molecule has 5 nitrogen and oxygen atoms in total. The zero-order valence-electron chi connectivity index (χ0n) is 13.8. The third kappa shape index (κ3) is 5.21. The van der Waals surface area contributed by atoms with E-state index in [1.807, 2.05) is 6.92 Å². The van der Waals surface area contributed by atoms with E-state index in [0.29, 0.717) is 12.5 Å². The van der Waals surface area contributed by atoms with Crippen LogP contribution in [-0.2, 0) is 4.79 Å². The largest absolute Gasteiger partial charge is 0.481 e. The number of aliphatic carboxylic acids is 1. The Hall–Kier alpha value is -1.26. The summed E-state index contributed by atoms with van der Waals surface area (Å²) < 4.78 is 0. The number of carbonyl (C=O) groups excluding carboxylic acids is 1. The van der Waals surface area contributed by atoms with Crippen LogP contribution in [0, 0.1) is 11.3 Å². The molecule has 1 atom stereocenters. The summed E-state index contributed by atoms with van der Waals surface area (Å²) in [6.45, 7) is 6.66. The van der Waals surface area contributed by atoms with Crippen molar-refractivity contribution in [1.82, 2.24) is 10.2 Å². The van der Waals surface area contributed by atoms with Gasteiger partial charge in [-0.3, -0.25) is 4.79 Å². The van der Waals surface area contributed by atoms with Crippen LogP contribution >= 0.6 is 0 Å². The van der Waals surface area contributed by atoms with Crippen LogP contribution in [-0.4, -0.2) is 41.6 Å². The minimum absolute atomic E-state index is 0.105. The number of urea groups is 1. The lowest BCUT2D eigenvalue weighted by Gasteiger charge is -2.37. The molecule has 1 saturated carbocycles. The van der Waals surface area contributed by atoms with Gasteiger partial charge in [-0.05, 0) is 31.1 Å². The molecular weight excluding hydrogens is 268 g/mol. The number of carboxylic acids is 1. The predicted molar refractivity (Wildman–Crippen MR) is 83.2 cm³/mol. The molecule has 0 bridgehead atoms. The van der Waals surface area contributed by atoms with Gasteiger partial charge in [0.1, 0.15) is 0 Å². The summed E-state index contributed by atoms with van der Waals surface area (Å²) in [6.07, 6.45) is 5.21. The third-order valence-corrected chi connectivity index (χ3v) is 4.95. The van der Waals surface area contributed by atoms with Gasteiger partial charge in [-0.2, -0.15) is 0 Å². The molecule has 0 spiro atoms. The molecule has 0 aromatic heterocycles. The van der Waals surface area contributed by atoms with Crippen molar-refractivity contribution in [2.24, 2.45) is 11.3 Å². The Morgan fingerprint density at radius 2 is 1.76 bits per heavy atom. The van der Waals surface area contributed by atoms with Gasteiger partial charge in [0.2, 0.25) is 0 Å². The van der Waals surface area contributed by atoms with Crippen molar-refractivity contribution in [2.45, 2.75) is 65.3 Å². The average Bonchev–Trinajstić information content (AvgIpc) is 2.43. The summed E-state index contributed by atoms with van der Waals surface area (Å²) in [5, 5.41) is 12.1. The topological polar surface area (TPSA) is 69.6 Å². The predicted octanol–water partition coefficient (Wildman–Crippen LogP) is 3.10. The Kier molecular flexibility index (Phi) is 6.49. The van der Waals surface area contributed by atoms with Crippen molar-refractivity contribution in [3.8, 4) is 0 Å².